The average Bonchev–Trinajstić information content (AvgIpc) is 2.41. The van der Waals surface area contributed by atoms with Gasteiger partial charge in [0.05, 0.1) is 6.54 Å². The summed E-state index contributed by atoms with van der Waals surface area (Å²) in [5.41, 5.74) is 6.99. The van der Waals surface area contributed by atoms with E-state index >= 15 is 0 Å². The Morgan fingerprint density at radius 1 is 1.30 bits per heavy atom. The van der Waals surface area contributed by atoms with Crippen LogP contribution in [0.15, 0.2) is 24.3 Å². The third-order valence-corrected chi connectivity index (χ3v) is 3.48. The van der Waals surface area contributed by atoms with Crippen molar-refractivity contribution < 1.29 is 8.42 Å². The monoisotopic (exact) mass is 295 g/mol. The Hall–Kier alpha value is -1.39. The first-order valence-corrected chi connectivity index (χ1v) is 7.93. The fourth-order valence-corrected chi connectivity index (χ4v) is 2.43. The molecule has 0 amide bonds. The molecule has 0 aromatic heterocycles. The topological polar surface area (TPSA) is 84.2 Å². The van der Waals surface area contributed by atoms with E-state index in [0.29, 0.717) is 13.1 Å². The van der Waals surface area contributed by atoms with Gasteiger partial charge in [-0.05, 0) is 23.6 Å². The molecule has 5 nitrogen and oxygen atoms in total. The minimum Gasteiger partial charge on any atom is -0.320 e. The highest BCUT2D eigenvalue weighted by atomic mass is 32.2. The van der Waals surface area contributed by atoms with Crippen LogP contribution in [0, 0.1) is 17.8 Å². The number of benzene rings is 1. The van der Waals surface area contributed by atoms with Gasteiger partial charge in [-0.15, -0.1) is 0 Å². The van der Waals surface area contributed by atoms with Crippen LogP contribution in [-0.2, 0) is 16.8 Å². The van der Waals surface area contributed by atoms with Gasteiger partial charge in [0.1, 0.15) is 0 Å². The molecule has 0 aliphatic carbocycles. The zero-order valence-electron chi connectivity index (χ0n) is 11.8. The van der Waals surface area contributed by atoms with Gasteiger partial charge >= 0.3 is 0 Å². The summed E-state index contributed by atoms with van der Waals surface area (Å²) >= 11 is 0. The molecule has 110 valence electrons. The molecule has 0 bridgehead atoms. The summed E-state index contributed by atoms with van der Waals surface area (Å²) in [6, 6.07) is 7.38. The van der Waals surface area contributed by atoms with Crippen molar-refractivity contribution in [2.75, 3.05) is 13.1 Å². The largest absolute Gasteiger partial charge is 0.320 e. The fraction of sp³-hybridized carbons (Fsp3) is 0.429. The van der Waals surface area contributed by atoms with E-state index in [-0.39, 0.29) is 12.5 Å². The molecule has 0 radical (unpaired) electrons. The van der Waals surface area contributed by atoms with Crippen molar-refractivity contribution in [1.29, 1.82) is 0 Å². The molecule has 0 atom stereocenters. The van der Waals surface area contributed by atoms with E-state index in [1.165, 1.54) is 0 Å². The van der Waals surface area contributed by atoms with Crippen LogP contribution >= 0.6 is 0 Å². The highest BCUT2D eigenvalue weighted by molar-refractivity contribution is 7.87. The Bertz CT molecular complexity index is 586. The van der Waals surface area contributed by atoms with Crippen LogP contribution in [0.2, 0.25) is 0 Å². The lowest BCUT2D eigenvalue weighted by molar-refractivity contribution is 0.547. The first-order valence-electron chi connectivity index (χ1n) is 6.45. The lowest BCUT2D eigenvalue weighted by atomic mass is 10.1. The van der Waals surface area contributed by atoms with Gasteiger partial charge in [-0.1, -0.05) is 37.8 Å². The van der Waals surface area contributed by atoms with Gasteiger partial charge in [-0.3, -0.25) is 0 Å². The van der Waals surface area contributed by atoms with Gasteiger partial charge in [0.15, 0.2) is 0 Å². The Balaban J connectivity index is 2.61. The molecular formula is C14H21N3O2S. The van der Waals surface area contributed by atoms with E-state index < -0.39 is 10.2 Å². The maximum absolute atomic E-state index is 11.7. The quantitative estimate of drug-likeness (QED) is 0.671. The van der Waals surface area contributed by atoms with Gasteiger partial charge in [0, 0.05) is 18.7 Å². The molecule has 6 heteroatoms. The highest BCUT2D eigenvalue weighted by Crippen LogP contribution is 2.04. The van der Waals surface area contributed by atoms with Crippen LogP contribution in [0.4, 0.5) is 0 Å². The highest BCUT2D eigenvalue weighted by Gasteiger charge is 2.09. The second kappa shape index (κ2) is 8.02. The molecular weight excluding hydrogens is 274 g/mol. The predicted octanol–water partition coefficient (Wildman–Crippen LogP) is 0.577. The normalized spacial score (nSPS) is 11.2. The molecule has 1 rings (SSSR count). The second-order valence-corrected chi connectivity index (χ2v) is 6.36. The van der Waals surface area contributed by atoms with Crippen LogP contribution in [0.25, 0.3) is 0 Å². The number of nitrogens with two attached hydrogens (primary N) is 1. The van der Waals surface area contributed by atoms with Crippen LogP contribution in [0.1, 0.15) is 25.0 Å². The lowest BCUT2D eigenvalue weighted by Crippen LogP contribution is -2.37. The van der Waals surface area contributed by atoms with Crippen molar-refractivity contribution in [3.63, 3.8) is 0 Å². The fourth-order valence-electron chi connectivity index (χ4n) is 1.42. The summed E-state index contributed by atoms with van der Waals surface area (Å²) < 4.78 is 28.4. The zero-order chi connectivity index (χ0) is 15.0. The van der Waals surface area contributed by atoms with Crippen molar-refractivity contribution >= 4 is 10.2 Å². The van der Waals surface area contributed by atoms with Crippen LogP contribution in [0.5, 0.6) is 0 Å². The van der Waals surface area contributed by atoms with Gasteiger partial charge in [0.2, 0.25) is 0 Å². The molecule has 1 aromatic rings. The molecule has 0 unspecified atom stereocenters. The van der Waals surface area contributed by atoms with E-state index in [1.54, 1.807) is 0 Å². The zero-order valence-corrected chi connectivity index (χ0v) is 12.6. The smallest absolute Gasteiger partial charge is 0.277 e. The molecule has 0 saturated carbocycles. The first-order chi connectivity index (χ1) is 9.43. The van der Waals surface area contributed by atoms with E-state index in [4.69, 9.17) is 5.73 Å². The van der Waals surface area contributed by atoms with Crippen LogP contribution in [-0.4, -0.2) is 21.5 Å². The lowest BCUT2D eigenvalue weighted by Gasteiger charge is -2.10. The molecule has 1 aromatic carbocycles. The standard InChI is InChI=1S/C14H21N3O2S/c1-12(2)10-16-20(18,19)17-11-14-6-3-5-13(9-14)7-4-8-15/h3,5-6,9,12,16-17H,8,10-11,15H2,1-2H3. The van der Waals surface area contributed by atoms with Crippen LogP contribution in [0.3, 0.4) is 0 Å². The second-order valence-electron chi connectivity index (χ2n) is 4.77. The van der Waals surface area contributed by atoms with E-state index in [2.05, 4.69) is 21.3 Å². The van der Waals surface area contributed by atoms with Gasteiger partial charge in [-0.2, -0.15) is 13.1 Å². The van der Waals surface area contributed by atoms with E-state index in [0.717, 1.165) is 11.1 Å². The maximum atomic E-state index is 11.7. The SMILES string of the molecule is CC(C)CNS(=O)(=O)NCc1cccc(C#CCN)c1. The Kier molecular flexibility index (Phi) is 6.68. The third-order valence-electron chi connectivity index (χ3n) is 2.41. The summed E-state index contributed by atoms with van der Waals surface area (Å²) in [6.07, 6.45) is 0. The summed E-state index contributed by atoms with van der Waals surface area (Å²) in [5.74, 6) is 5.94. The number of hydrogen-bond acceptors (Lipinski definition) is 3. The number of rotatable bonds is 6. The van der Waals surface area contributed by atoms with E-state index in [9.17, 15) is 8.42 Å². The molecule has 0 aliphatic rings. The van der Waals surface area contributed by atoms with Gasteiger partial charge < -0.3 is 5.73 Å². The molecule has 0 heterocycles. The summed E-state index contributed by atoms with van der Waals surface area (Å²) in [4.78, 5) is 0. The van der Waals surface area contributed by atoms with Crippen molar-refractivity contribution in [3.05, 3.63) is 35.4 Å². The van der Waals surface area contributed by atoms with E-state index in [1.807, 2.05) is 38.1 Å². The summed E-state index contributed by atoms with van der Waals surface area (Å²) in [5, 5.41) is 0. The van der Waals surface area contributed by atoms with Crippen molar-refractivity contribution in [2.45, 2.75) is 20.4 Å². The molecule has 0 aliphatic heterocycles. The minimum absolute atomic E-state index is 0.228. The first kappa shape index (κ1) is 16.7. The molecule has 0 fully saturated rings. The minimum atomic E-state index is -3.46. The van der Waals surface area contributed by atoms with Crippen molar-refractivity contribution in [1.82, 2.24) is 9.44 Å². The summed E-state index contributed by atoms with van der Waals surface area (Å²) in [7, 11) is -3.46. The average molecular weight is 295 g/mol. The van der Waals surface area contributed by atoms with Crippen molar-refractivity contribution in [3.8, 4) is 11.8 Å². The Labute approximate surface area is 121 Å². The summed E-state index contributed by atoms with van der Waals surface area (Å²) in [6.45, 7) is 4.84. The molecule has 0 saturated heterocycles. The van der Waals surface area contributed by atoms with Gasteiger partial charge in [0.25, 0.3) is 10.2 Å². The Morgan fingerprint density at radius 2 is 2.05 bits per heavy atom. The molecule has 0 spiro atoms. The third kappa shape index (κ3) is 6.68. The maximum Gasteiger partial charge on any atom is 0.277 e. The van der Waals surface area contributed by atoms with Crippen molar-refractivity contribution in [2.24, 2.45) is 11.7 Å². The number of hydrogen-bond donors (Lipinski definition) is 3. The Morgan fingerprint density at radius 3 is 2.70 bits per heavy atom. The molecule has 20 heavy (non-hydrogen) atoms. The van der Waals surface area contributed by atoms with Gasteiger partial charge in [-0.25, -0.2) is 4.72 Å². The van der Waals surface area contributed by atoms with Crippen LogP contribution < -0.4 is 15.2 Å². The number of nitrogens with one attached hydrogen (secondary N) is 2. The predicted molar refractivity (Wildman–Crippen MR) is 81.0 cm³/mol. The molecule has 4 N–H and O–H groups in total.